The highest BCUT2D eigenvalue weighted by Crippen LogP contribution is 2.22. The van der Waals surface area contributed by atoms with Crippen LogP contribution in [0, 0.1) is 5.92 Å². The number of ketones is 1. The van der Waals surface area contributed by atoms with Gasteiger partial charge in [-0.2, -0.15) is 0 Å². The van der Waals surface area contributed by atoms with Crippen molar-refractivity contribution < 1.29 is 14.4 Å². The van der Waals surface area contributed by atoms with Gasteiger partial charge in [-0.05, 0) is 31.6 Å². The van der Waals surface area contributed by atoms with Crippen molar-refractivity contribution in [2.45, 2.75) is 78.3 Å². The van der Waals surface area contributed by atoms with Crippen molar-refractivity contribution in [3.8, 4) is 0 Å². The molecule has 0 aromatic rings. The fraction of sp³-hybridized carbons (Fsp3) is 0.842. The van der Waals surface area contributed by atoms with E-state index in [0.717, 1.165) is 19.3 Å². The van der Waals surface area contributed by atoms with Crippen LogP contribution >= 0.6 is 0 Å². The van der Waals surface area contributed by atoms with E-state index in [1.165, 1.54) is 0 Å². The number of nitrogens with one attached hydrogen (secondary N) is 1. The molecule has 25 heavy (non-hydrogen) atoms. The van der Waals surface area contributed by atoms with Crippen LogP contribution in [-0.4, -0.2) is 59.7 Å². The lowest BCUT2D eigenvalue weighted by atomic mass is 9.97. The predicted octanol–water partition coefficient (Wildman–Crippen LogP) is 2.81. The molecular weight excluding hydrogens is 318 g/mol. The zero-order valence-corrected chi connectivity index (χ0v) is 16.5. The van der Waals surface area contributed by atoms with E-state index in [1.807, 2.05) is 6.92 Å². The number of likely N-dealkylation sites (tertiary alicyclic amines) is 1. The smallest absolute Gasteiger partial charge is 0.318 e. The minimum atomic E-state index is -0.453. The highest BCUT2D eigenvalue weighted by atomic mass is 16.2. The molecule has 1 heterocycles. The molecule has 6 nitrogen and oxygen atoms in total. The monoisotopic (exact) mass is 353 g/mol. The van der Waals surface area contributed by atoms with Crippen LogP contribution < -0.4 is 5.32 Å². The Balaban J connectivity index is 2.80. The number of unbranched alkanes of at least 4 members (excludes halogenated alkanes) is 1. The summed E-state index contributed by atoms with van der Waals surface area (Å²) < 4.78 is 0. The SMILES string of the molecule is CCCCNC(=O)N1CCC[C@H]1C(=O)N(C)[C@H](CC(C)C)C(=O)CC. The average Bonchev–Trinajstić information content (AvgIpc) is 3.07. The van der Waals surface area contributed by atoms with E-state index in [1.54, 1.807) is 16.8 Å². The molecule has 0 unspecified atom stereocenters. The molecule has 0 spiro atoms. The van der Waals surface area contributed by atoms with Crippen LogP contribution in [0.3, 0.4) is 0 Å². The summed E-state index contributed by atoms with van der Waals surface area (Å²) >= 11 is 0. The molecule has 1 aliphatic rings. The average molecular weight is 354 g/mol. The fourth-order valence-corrected chi connectivity index (χ4v) is 3.32. The highest BCUT2D eigenvalue weighted by molar-refractivity contribution is 5.92. The van der Waals surface area contributed by atoms with Crippen molar-refractivity contribution in [2.75, 3.05) is 20.1 Å². The summed E-state index contributed by atoms with van der Waals surface area (Å²) in [5.41, 5.74) is 0. The van der Waals surface area contributed by atoms with E-state index >= 15 is 0 Å². The van der Waals surface area contributed by atoms with E-state index in [2.05, 4.69) is 26.1 Å². The first-order valence-corrected chi connectivity index (χ1v) is 9.67. The summed E-state index contributed by atoms with van der Waals surface area (Å²) in [4.78, 5) is 40.9. The third-order valence-electron chi connectivity index (χ3n) is 4.84. The molecule has 0 bridgehead atoms. The molecule has 0 saturated carbocycles. The molecule has 1 rings (SSSR count). The van der Waals surface area contributed by atoms with Gasteiger partial charge in [-0.15, -0.1) is 0 Å². The second-order valence-corrected chi connectivity index (χ2v) is 7.35. The Hall–Kier alpha value is -1.59. The van der Waals surface area contributed by atoms with Gasteiger partial charge in [-0.3, -0.25) is 9.59 Å². The largest absolute Gasteiger partial charge is 0.338 e. The maximum Gasteiger partial charge on any atom is 0.318 e. The summed E-state index contributed by atoms with van der Waals surface area (Å²) in [5, 5.41) is 2.89. The molecule has 0 aromatic heterocycles. The summed E-state index contributed by atoms with van der Waals surface area (Å²) in [6.07, 6.45) is 4.51. The van der Waals surface area contributed by atoms with Crippen molar-refractivity contribution in [1.82, 2.24) is 15.1 Å². The van der Waals surface area contributed by atoms with E-state index in [9.17, 15) is 14.4 Å². The van der Waals surface area contributed by atoms with Crippen LogP contribution in [0.4, 0.5) is 4.79 Å². The van der Waals surface area contributed by atoms with Gasteiger partial charge in [0.05, 0.1) is 6.04 Å². The second-order valence-electron chi connectivity index (χ2n) is 7.35. The lowest BCUT2D eigenvalue weighted by Gasteiger charge is -2.33. The third-order valence-corrected chi connectivity index (χ3v) is 4.84. The quantitative estimate of drug-likeness (QED) is 0.648. The molecule has 1 saturated heterocycles. The van der Waals surface area contributed by atoms with Crippen molar-refractivity contribution in [2.24, 2.45) is 5.92 Å². The van der Waals surface area contributed by atoms with Crippen LogP contribution in [0.25, 0.3) is 0 Å². The summed E-state index contributed by atoms with van der Waals surface area (Å²) in [5.74, 6) is 0.296. The number of carbonyl (C=O) groups is 3. The number of rotatable bonds is 9. The van der Waals surface area contributed by atoms with Crippen molar-refractivity contribution in [3.05, 3.63) is 0 Å². The van der Waals surface area contributed by atoms with Gasteiger partial charge in [0.2, 0.25) is 5.91 Å². The van der Waals surface area contributed by atoms with E-state index in [0.29, 0.717) is 38.3 Å². The third kappa shape index (κ3) is 6.01. The summed E-state index contributed by atoms with van der Waals surface area (Å²) in [6, 6.07) is -1.02. The second kappa shape index (κ2) is 10.4. The minimum Gasteiger partial charge on any atom is -0.338 e. The Kier molecular flexibility index (Phi) is 8.93. The first kappa shape index (κ1) is 21.5. The number of carbonyl (C=O) groups excluding carboxylic acids is 3. The molecule has 2 atom stereocenters. The molecule has 144 valence electrons. The molecule has 0 aromatic carbocycles. The van der Waals surface area contributed by atoms with Crippen LogP contribution in [0.5, 0.6) is 0 Å². The van der Waals surface area contributed by atoms with Gasteiger partial charge >= 0.3 is 6.03 Å². The van der Waals surface area contributed by atoms with Gasteiger partial charge in [0.15, 0.2) is 5.78 Å². The Morgan fingerprint density at radius 1 is 1.24 bits per heavy atom. The molecule has 0 radical (unpaired) electrons. The molecule has 6 heteroatoms. The molecule has 3 amide bonds. The lowest BCUT2D eigenvalue weighted by molar-refractivity contribution is -0.141. The van der Waals surface area contributed by atoms with Gasteiger partial charge in [-0.1, -0.05) is 34.1 Å². The zero-order chi connectivity index (χ0) is 19.0. The zero-order valence-electron chi connectivity index (χ0n) is 16.5. The molecule has 1 aliphatic heterocycles. The van der Waals surface area contributed by atoms with Crippen LogP contribution in [0.1, 0.15) is 66.2 Å². The molecule has 1 fully saturated rings. The van der Waals surface area contributed by atoms with Gasteiger partial charge in [0.1, 0.15) is 6.04 Å². The number of likely N-dealkylation sites (N-methyl/N-ethyl adjacent to an activating group) is 1. The Labute approximate surface area is 152 Å². The number of amides is 3. The van der Waals surface area contributed by atoms with Gasteiger partial charge in [-0.25, -0.2) is 4.79 Å². The Morgan fingerprint density at radius 2 is 1.92 bits per heavy atom. The number of nitrogens with zero attached hydrogens (tertiary/aromatic N) is 2. The predicted molar refractivity (Wildman–Crippen MR) is 99.3 cm³/mol. The minimum absolute atomic E-state index is 0.0847. The standard InChI is InChI=1S/C19H35N3O3/c1-6-8-11-20-19(25)22-12-9-10-15(22)18(24)21(5)16(13-14(3)4)17(23)7-2/h14-16H,6-13H2,1-5H3,(H,20,25)/t15-,16+/m0/s1. The number of Topliss-reactive ketones (excluding diaryl/α,β-unsaturated/α-hetero) is 1. The van der Waals surface area contributed by atoms with Gasteiger partial charge in [0, 0.05) is 26.6 Å². The topological polar surface area (TPSA) is 69.7 Å². The normalized spacial score (nSPS) is 18.3. The molecule has 0 aliphatic carbocycles. The van der Waals surface area contributed by atoms with Crippen LogP contribution in [0.2, 0.25) is 0 Å². The Bertz CT molecular complexity index is 465. The number of urea groups is 1. The number of hydrogen-bond donors (Lipinski definition) is 1. The maximum absolute atomic E-state index is 13.0. The summed E-state index contributed by atoms with van der Waals surface area (Å²) in [7, 11) is 1.70. The van der Waals surface area contributed by atoms with Crippen molar-refractivity contribution >= 4 is 17.7 Å². The van der Waals surface area contributed by atoms with Crippen LogP contribution in [0.15, 0.2) is 0 Å². The van der Waals surface area contributed by atoms with Crippen molar-refractivity contribution in [1.29, 1.82) is 0 Å². The first-order valence-electron chi connectivity index (χ1n) is 9.67. The molecular formula is C19H35N3O3. The van der Waals surface area contributed by atoms with Gasteiger partial charge in [0.25, 0.3) is 0 Å². The fourth-order valence-electron chi connectivity index (χ4n) is 3.32. The maximum atomic E-state index is 13.0. The highest BCUT2D eigenvalue weighted by Gasteiger charge is 2.38. The van der Waals surface area contributed by atoms with Crippen LogP contribution in [-0.2, 0) is 9.59 Å². The number of hydrogen-bond acceptors (Lipinski definition) is 3. The van der Waals surface area contributed by atoms with Crippen molar-refractivity contribution in [3.63, 3.8) is 0 Å². The van der Waals surface area contributed by atoms with E-state index in [4.69, 9.17) is 0 Å². The Morgan fingerprint density at radius 3 is 2.48 bits per heavy atom. The van der Waals surface area contributed by atoms with E-state index in [-0.39, 0.29) is 17.7 Å². The molecule has 1 N–H and O–H groups in total. The van der Waals surface area contributed by atoms with Gasteiger partial charge < -0.3 is 15.1 Å². The van der Waals surface area contributed by atoms with E-state index < -0.39 is 12.1 Å². The summed E-state index contributed by atoms with van der Waals surface area (Å²) in [6.45, 7) is 9.24. The first-order chi connectivity index (χ1) is 11.8. The lowest BCUT2D eigenvalue weighted by Crippen LogP contribution is -2.53.